The maximum absolute atomic E-state index is 6.16. The van der Waals surface area contributed by atoms with Crippen LogP contribution in [0.15, 0.2) is 4.99 Å². The van der Waals surface area contributed by atoms with Crippen LogP contribution in [0.4, 0.5) is 0 Å². The van der Waals surface area contributed by atoms with Gasteiger partial charge in [0.05, 0.1) is 7.85 Å². The van der Waals surface area contributed by atoms with Crippen LogP contribution < -0.4 is 0 Å². The molecule has 0 spiro atoms. The molecule has 1 aliphatic heterocycles. The summed E-state index contributed by atoms with van der Waals surface area (Å²) in [6.07, 6.45) is 4.90. The van der Waals surface area contributed by atoms with E-state index < -0.39 is 0 Å². The Morgan fingerprint density at radius 1 is 1.47 bits per heavy atom. The Hall–Kier alpha value is -0.115. The molecule has 0 N–H and O–H groups in total. The quantitative estimate of drug-likeness (QED) is 0.700. The highest BCUT2D eigenvalue weighted by molar-refractivity contribution is 8.14. The minimum atomic E-state index is 0.396. The molecule has 2 fully saturated rings. The van der Waals surface area contributed by atoms with Gasteiger partial charge in [-0.25, -0.2) is 0 Å². The van der Waals surface area contributed by atoms with Crippen molar-refractivity contribution in [2.45, 2.75) is 69.6 Å². The average Bonchev–Trinajstić information content (AvgIpc) is 2.47. The molecule has 2 aliphatic rings. The lowest BCUT2D eigenvalue weighted by Gasteiger charge is -2.31. The standard InChI is InChI=1S/C13H23BN2S/c1-4-15-13-16(9(2)3)11-7-5-6-10(14)8-12(11)17-13/h9-12H,4-8H2,1-3H3. The van der Waals surface area contributed by atoms with E-state index in [9.17, 15) is 0 Å². The summed E-state index contributed by atoms with van der Waals surface area (Å²) in [5, 5.41) is 1.92. The normalized spacial score (nSPS) is 36.4. The molecule has 1 aliphatic carbocycles. The van der Waals surface area contributed by atoms with Crippen molar-refractivity contribution in [1.29, 1.82) is 0 Å². The molecular formula is C13H23BN2S. The van der Waals surface area contributed by atoms with E-state index >= 15 is 0 Å². The molecule has 0 aromatic rings. The van der Waals surface area contributed by atoms with Gasteiger partial charge < -0.3 is 4.90 Å². The zero-order valence-electron chi connectivity index (χ0n) is 11.2. The van der Waals surface area contributed by atoms with Gasteiger partial charge in [-0.2, -0.15) is 0 Å². The van der Waals surface area contributed by atoms with Gasteiger partial charge in [-0.15, -0.1) is 0 Å². The molecule has 1 heterocycles. The van der Waals surface area contributed by atoms with Gasteiger partial charge in [0.15, 0.2) is 5.17 Å². The molecule has 2 rings (SSSR count). The van der Waals surface area contributed by atoms with Crippen LogP contribution in [0.25, 0.3) is 0 Å². The van der Waals surface area contributed by atoms with Crippen molar-refractivity contribution in [3.05, 3.63) is 0 Å². The van der Waals surface area contributed by atoms with Crippen LogP contribution in [0, 0.1) is 0 Å². The second-order valence-corrected chi connectivity index (χ2v) is 6.61. The molecule has 0 bridgehead atoms. The number of nitrogens with zero attached hydrogens (tertiary/aromatic N) is 2. The smallest absolute Gasteiger partial charge is 0.160 e. The molecular weight excluding hydrogens is 227 g/mol. The Labute approximate surface area is 111 Å². The van der Waals surface area contributed by atoms with Crippen LogP contribution in [-0.2, 0) is 0 Å². The number of fused-ring (bicyclic) bond motifs is 1. The number of amidine groups is 1. The Bertz CT molecular complexity index is 293. The molecule has 0 aromatic heterocycles. The van der Waals surface area contributed by atoms with Gasteiger partial charge in [0.2, 0.25) is 0 Å². The predicted molar refractivity (Wildman–Crippen MR) is 78.1 cm³/mol. The van der Waals surface area contributed by atoms with Crippen molar-refractivity contribution < 1.29 is 0 Å². The van der Waals surface area contributed by atoms with Crippen LogP contribution in [-0.4, -0.2) is 41.8 Å². The monoisotopic (exact) mass is 250 g/mol. The lowest BCUT2D eigenvalue weighted by molar-refractivity contribution is 0.259. The summed E-state index contributed by atoms with van der Waals surface area (Å²) < 4.78 is 0. The van der Waals surface area contributed by atoms with Gasteiger partial charge >= 0.3 is 0 Å². The van der Waals surface area contributed by atoms with Crippen LogP contribution >= 0.6 is 11.8 Å². The first-order valence-electron chi connectivity index (χ1n) is 6.88. The van der Waals surface area contributed by atoms with E-state index in [1.165, 1.54) is 24.4 Å². The summed E-state index contributed by atoms with van der Waals surface area (Å²) in [6, 6.07) is 1.22. The van der Waals surface area contributed by atoms with Gasteiger partial charge in [-0.3, -0.25) is 4.99 Å². The zero-order valence-corrected chi connectivity index (χ0v) is 12.0. The van der Waals surface area contributed by atoms with E-state index in [0.29, 0.717) is 23.2 Å². The largest absolute Gasteiger partial charge is 0.345 e. The number of thioether (sulfide) groups is 1. The molecule has 0 amide bonds. The Kier molecular flexibility index (Phi) is 4.45. The first-order valence-corrected chi connectivity index (χ1v) is 7.76. The van der Waals surface area contributed by atoms with Crippen molar-refractivity contribution in [1.82, 2.24) is 4.90 Å². The zero-order chi connectivity index (χ0) is 12.4. The summed E-state index contributed by atoms with van der Waals surface area (Å²) in [4.78, 5) is 7.21. The minimum Gasteiger partial charge on any atom is -0.345 e. The molecule has 3 unspecified atom stereocenters. The summed E-state index contributed by atoms with van der Waals surface area (Å²) >= 11 is 1.97. The SMILES string of the molecule is [B]C1CCCC2C(C1)SC(=NCC)N2C(C)C. The van der Waals surface area contributed by atoms with E-state index in [1.807, 2.05) is 11.8 Å². The van der Waals surface area contributed by atoms with Gasteiger partial charge in [-0.1, -0.05) is 30.4 Å². The third-order valence-electron chi connectivity index (χ3n) is 3.72. The van der Waals surface area contributed by atoms with E-state index in [0.717, 1.165) is 13.0 Å². The molecule has 94 valence electrons. The molecule has 17 heavy (non-hydrogen) atoms. The second kappa shape index (κ2) is 5.68. The third-order valence-corrected chi connectivity index (χ3v) is 5.08. The number of rotatable bonds is 2. The first-order chi connectivity index (χ1) is 8.13. The van der Waals surface area contributed by atoms with Crippen molar-refractivity contribution in [2.24, 2.45) is 4.99 Å². The Balaban J connectivity index is 2.19. The van der Waals surface area contributed by atoms with Crippen molar-refractivity contribution >= 4 is 24.8 Å². The minimum absolute atomic E-state index is 0.396. The summed E-state index contributed by atoms with van der Waals surface area (Å²) in [5.74, 6) is 0.396. The van der Waals surface area contributed by atoms with Crippen LogP contribution in [0.5, 0.6) is 0 Å². The predicted octanol–water partition coefficient (Wildman–Crippen LogP) is 3.09. The summed E-state index contributed by atoms with van der Waals surface area (Å²) in [5.41, 5.74) is 0. The molecule has 4 heteroatoms. The summed E-state index contributed by atoms with van der Waals surface area (Å²) in [7, 11) is 6.16. The first kappa shape index (κ1) is 13.3. The fourth-order valence-electron chi connectivity index (χ4n) is 2.99. The van der Waals surface area contributed by atoms with Gasteiger partial charge in [0.1, 0.15) is 0 Å². The molecule has 1 saturated carbocycles. The number of hydrogen-bond donors (Lipinski definition) is 0. The van der Waals surface area contributed by atoms with Gasteiger partial charge in [-0.05, 0) is 33.6 Å². The lowest BCUT2D eigenvalue weighted by Crippen LogP contribution is -2.41. The van der Waals surface area contributed by atoms with Gasteiger partial charge in [0, 0.05) is 23.9 Å². The molecule has 2 nitrogen and oxygen atoms in total. The topological polar surface area (TPSA) is 15.6 Å². The van der Waals surface area contributed by atoms with Crippen LogP contribution in [0.1, 0.15) is 46.5 Å². The average molecular weight is 250 g/mol. The van der Waals surface area contributed by atoms with Gasteiger partial charge in [0.25, 0.3) is 0 Å². The van der Waals surface area contributed by atoms with Crippen LogP contribution in [0.2, 0.25) is 5.82 Å². The molecule has 3 atom stereocenters. The van der Waals surface area contributed by atoms with E-state index in [-0.39, 0.29) is 0 Å². The van der Waals surface area contributed by atoms with E-state index in [1.54, 1.807) is 0 Å². The lowest BCUT2D eigenvalue weighted by atomic mass is 9.81. The fourth-order valence-corrected chi connectivity index (χ4v) is 4.70. The Morgan fingerprint density at radius 3 is 2.88 bits per heavy atom. The number of aliphatic imine (C=N–C) groups is 1. The molecule has 1 saturated heterocycles. The highest BCUT2D eigenvalue weighted by Gasteiger charge is 2.41. The van der Waals surface area contributed by atoms with Crippen molar-refractivity contribution in [3.8, 4) is 0 Å². The second-order valence-electron chi connectivity index (χ2n) is 5.41. The van der Waals surface area contributed by atoms with Crippen LogP contribution in [0.3, 0.4) is 0 Å². The van der Waals surface area contributed by atoms with E-state index in [4.69, 9.17) is 7.85 Å². The van der Waals surface area contributed by atoms with Crippen molar-refractivity contribution in [3.63, 3.8) is 0 Å². The third kappa shape index (κ3) is 2.83. The maximum Gasteiger partial charge on any atom is 0.160 e. The fraction of sp³-hybridized carbons (Fsp3) is 0.923. The Morgan fingerprint density at radius 2 is 2.24 bits per heavy atom. The van der Waals surface area contributed by atoms with Crippen molar-refractivity contribution in [2.75, 3.05) is 6.54 Å². The highest BCUT2D eigenvalue weighted by Crippen LogP contribution is 2.42. The maximum atomic E-state index is 6.16. The highest BCUT2D eigenvalue weighted by atomic mass is 32.2. The molecule has 2 radical (unpaired) electrons. The summed E-state index contributed by atoms with van der Waals surface area (Å²) in [6.45, 7) is 7.56. The molecule has 0 aromatic carbocycles. The van der Waals surface area contributed by atoms with E-state index in [2.05, 4.69) is 30.7 Å². The number of hydrogen-bond acceptors (Lipinski definition) is 2.